The topological polar surface area (TPSA) is 69.7 Å². The molecule has 3 aliphatic rings. The Hall–Kier alpha value is -7.41. The molecule has 8 nitrogen and oxygen atoms in total. The van der Waals surface area contributed by atoms with Gasteiger partial charge in [0.25, 0.3) is 7.37 Å². The van der Waals surface area contributed by atoms with E-state index in [1.54, 1.807) is 0 Å². The molecule has 0 aromatic heterocycles. The highest BCUT2D eigenvalue weighted by Crippen LogP contribution is 2.69. The molecule has 0 amide bonds. The summed E-state index contributed by atoms with van der Waals surface area (Å²) in [6, 6.07) is 63.8. The number of anilines is 2. The lowest BCUT2D eigenvalue weighted by atomic mass is 9.92. The van der Waals surface area contributed by atoms with Crippen LogP contribution in [0.2, 0.25) is 0 Å². The third-order valence-electron chi connectivity index (χ3n) is 12.3. The Morgan fingerprint density at radius 2 is 0.857 bits per heavy atom. The Balaban J connectivity index is 0.873. The van der Waals surface area contributed by atoms with Crippen LogP contribution < -0.4 is 38.6 Å². The average Bonchev–Trinajstić information content (AvgIpc) is 3.34. The first-order chi connectivity index (χ1) is 30.9. The Morgan fingerprint density at radius 1 is 0.460 bits per heavy atom. The van der Waals surface area contributed by atoms with Gasteiger partial charge in [-0.15, -0.1) is 0 Å². The first-order valence-corrected chi connectivity index (χ1v) is 22.7. The van der Waals surface area contributed by atoms with E-state index < -0.39 is 12.5 Å². The number of rotatable bonds is 9. The number of para-hydroxylation sites is 3. The molecule has 0 radical (unpaired) electrons. The number of ether oxygens (including phenoxy) is 4. The molecule has 0 spiro atoms. The van der Waals surface area contributed by atoms with Gasteiger partial charge in [-0.3, -0.25) is 4.57 Å². The summed E-state index contributed by atoms with van der Waals surface area (Å²) in [5.41, 5.74) is 7.88. The second-order valence-electron chi connectivity index (χ2n) is 16.1. The summed E-state index contributed by atoms with van der Waals surface area (Å²) in [5.74, 6) is 5.19. The maximum atomic E-state index is 16.1. The van der Waals surface area contributed by atoms with Crippen molar-refractivity contribution in [3.8, 4) is 51.4 Å². The van der Waals surface area contributed by atoms with Crippen molar-refractivity contribution >= 4 is 24.0 Å². The number of nitrogens with zero attached hydrogens (tertiary/aromatic N) is 2. The Bertz CT molecular complexity index is 2840. The molecule has 9 heteroatoms. The molecule has 8 aromatic rings. The van der Waals surface area contributed by atoms with Crippen LogP contribution in [-0.4, -0.2) is 13.5 Å². The normalized spacial score (nSPS) is 16.2. The van der Waals surface area contributed by atoms with Crippen LogP contribution in [0.5, 0.6) is 40.2 Å². The highest BCUT2D eigenvalue weighted by Gasteiger charge is 2.53. The summed E-state index contributed by atoms with van der Waals surface area (Å²) >= 11 is 0. The molecular formula is C54H43N2O6P. The molecule has 1 atom stereocenters. The van der Waals surface area contributed by atoms with Crippen LogP contribution in [-0.2, 0) is 22.8 Å². The summed E-state index contributed by atoms with van der Waals surface area (Å²) in [6.45, 7) is 4.53. The van der Waals surface area contributed by atoms with E-state index in [2.05, 4.69) is 21.9 Å². The first-order valence-electron chi connectivity index (χ1n) is 21.1. The maximum Gasteiger partial charge on any atom is 0.292 e. The predicted molar refractivity (Wildman–Crippen MR) is 248 cm³/mol. The number of benzene rings is 8. The molecule has 0 saturated heterocycles. The minimum atomic E-state index is -3.76. The molecule has 0 fully saturated rings. The highest BCUT2D eigenvalue weighted by atomic mass is 31.2. The molecule has 0 aliphatic carbocycles. The summed E-state index contributed by atoms with van der Waals surface area (Å²) in [7, 11) is -3.76. The van der Waals surface area contributed by atoms with Crippen LogP contribution in [0, 0.1) is 0 Å². The van der Waals surface area contributed by atoms with Gasteiger partial charge in [0.15, 0.2) is 13.5 Å². The van der Waals surface area contributed by atoms with Crippen LogP contribution in [0.1, 0.15) is 29.2 Å². The van der Waals surface area contributed by atoms with Crippen molar-refractivity contribution in [1.29, 1.82) is 0 Å². The van der Waals surface area contributed by atoms with Crippen molar-refractivity contribution in [2.24, 2.45) is 0 Å². The van der Waals surface area contributed by atoms with Crippen LogP contribution in [0.25, 0.3) is 11.1 Å². The fourth-order valence-electron chi connectivity index (χ4n) is 8.85. The molecular weight excluding hydrogens is 804 g/mol. The van der Waals surface area contributed by atoms with E-state index in [4.69, 9.17) is 23.5 Å². The zero-order chi connectivity index (χ0) is 42.4. The molecule has 310 valence electrons. The highest BCUT2D eigenvalue weighted by molar-refractivity contribution is 7.69. The van der Waals surface area contributed by atoms with Gasteiger partial charge in [-0.25, -0.2) is 0 Å². The first kappa shape index (κ1) is 38.5. The van der Waals surface area contributed by atoms with Gasteiger partial charge in [0.05, 0.1) is 5.30 Å². The lowest BCUT2D eigenvalue weighted by Gasteiger charge is -2.41. The summed E-state index contributed by atoms with van der Waals surface area (Å²) in [6.07, 6.45) is 0. The van der Waals surface area contributed by atoms with Crippen molar-refractivity contribution in [3.05, 3.63) is 216 Å². The molecule has 63 heavy (non-hydrogen) atoms. The van der Waals surface area contributed by atoms with Gasteiger partial charge in [-0.05, 0) is 121 Å². The van der Waals surface area contributed by atoms with Crippen molar-refractivity contribution in [2.45, 2.75) is 25.2 Å². The standard InChI is InChI=1S/C54H43N2O6P/c1-54(63(57)53-17-9-5-13-49(53)48-12-4-8-16-52(48)62-63,40-18-26-44(27-19-40)60-46-30-22-42(23-31-46)55-34-38-10-2-6-14-50(38)58-36-55)41-20-28-45(29-21-41)61-47-32-24-43(25-33-47)56-35-39-11-3-7-15-51(39)59-37-56/h2-33H,34-37H2,1H3. The van der Waals surface area contributed by atoms with E-state index in [1.165, 1.54) is 0 Å². The van der Waals surface area contributed by atoms with E-state index in [0.29, 0.717) is 47.5 Å². The summed E-state index contributed by atoms with van der Waals surface area (Å²) in [5, 5.41) is -0.446. The summed E-state index contributed by atoms with van der Waals surface area (Å²) in [4.78, 5) is 4.38. The number of fused-ring (bicyclic) bond motifs is 5. The SMILES string of the molecule is CC(c1ccc(Oc2ccc(N3COc4ccccc4C3)cc2)cc1)(c1ccc(Oc2ccc(N3COc4ccccc4C3)cc2)cc1)P1(=O)Oc2ccccc2-c2ccccc21. The average molecular weight is 847 g/mol. The number of hydrogen-bond acceptors (Lipinski definition) is 8. The minimum absolute atomic E-state index is 0.483. The van der Waals surface area contributed by atoms with Crippen LogP contribution >= 0.6 is 7.37 Å². The van der Waals surface area contributed by atoms with Crippen LogP contribution in [0.3, 0.4) is 0 Å². The molecule has 3 heterocycles. The second-order valence-corrected chi connectivity index (χ2v) is 18.8. The molecule has 1 unspecified atom stereocenters. The smallest absolute Gasteiger partial charge is 0.292 e. The fourth-order valence-corrected chi connectivity index (χ4v) is 11.8. The molecule has 0 saturated carbocycles. The Labute approximate surface area is 366 Å². The predicted octanol–water partition coefficient (Wildman–Crippen LogP) is 12.9. The molecule has 0 N–H and O–H groups in total. The van der Waals surface area contributed by atoms with Gasteiger partial charge in [0.1, 0.15) is 45.4 Å². The van der Waals surface area contributed by atoms with Gasteiger partial charge in [0, 0.05) is 41.2 Å². The second kappa shape index (κ2) is 15.8. The lowest BCUT2D eigenvalue weighted by molar-refractivity contribution is 0.289. The zero-order valence-corrected chi connectivity index (χ0v) is 35.5. The Morgan fingerprint density at radius 3 is 1.35 bits per heavy atom. The molecule has 0 bridgehead atoms. The van der Waals surface area contributed by atoms with Crippen molar-refractivity contribution in [3.63, 3.8) is 0 Å². The van der Waals surface area contributed by atoms with Gasteiger partial charge in [-0.2, -0.15) is 0 Å². The Kier molecular flexibility index (Phi) is 9.66. The van der Waals surface area contributed by atoms with Crippen LogP contribution in [0.15, 0.2) is 194 Å². The fraction of sp³-hybridized carbons (Fsp3) is 0.111. The quantitative estimate of drug-likeness (QED) is 0.133. The number of hydrogen-bond donors (Lipinski definition) is 0. The largest absolute Gasteiger partial charge is 0.473 e. The van der Waals surface area contributed by atoms with Crippen molar-refractivity contribution in [2.75, 3.05) is 23.3 Å². The zero-order valence-electron chi connectivity index (χ0n) is 34.6. The van der Waals surface area contributed by atoms with Crippen molar-refractivity contribution in [1.82, 2.24) is 0 Å². The van der Waals surface area contributed by atoms with E-state index >= 15 is 4.57 Å². The third-order valence-corrected chi connectivity index (χ3v) is 15.5. The maximum absolute atomic E-state index is 16.1. The van der Waals surface area contributed by atoms with Gasteiger partial charge in [0.2, 0.25) is 0 Å². The van der Waals surface area contributed by atoms with Crippen LogP contribution in [0.4, 0.5) is 11.4 Å². The molecule has 8 aromatic carbocycles. The molecule has 3 aliphatic heterocycles. The monoisotopic (exact) mass is 846 g/mol. The van der Waals surface area contributed by atoms with E-state index in [9.17, 15) is 0 Å². The van der Waals surface area contributed by atoms with Gasteiger partial charge >= 0.3 is 0 Å². The summed E-state index contributed by atoms with van der Waals surface area (Å²) < 4.78 is 47.7. The van der Waals surface area contributed by atoms with E-state index in [1.807, 2.05) is 189 Å². The lowest BCUT2D eigenvalue weighted by Crippen LogP contribution is -2.34. The van der Waals surface area contributed by atoms with Crippen molar-refractivity contribution < 1.29 is 28.0 Å². The van der Waals surface area contributed by atoms with E-state index in [-0.39, 0.29) is 0 Å². The van der Waals surface area contributed by atoms with E-state index in [0.717, 1.165) is 69.3 Å². The third kappa shape index (κ3) is 7.03. The van der Waals surface area contributed by atoms with Gasteiger partial charge < -0.3 is 33.3 Å². The minimum Gasteiger partial charge on any atom is -0.473 e. The molecule has 11 rings (SSSR count). The van der Waals surface area contributed by atoms with Gasteiger partial charge in [-0.1, -0.05) is 97.1 Å².